The maximum absolute atomic E-state index is 12.8. The van der Waals surface area contributed by atoms with Crippen molar-refractivity contribution in [2.24, 2.45) is 0 Å². The zero-order chi connectivity index (χ0) is 20.8. The minimum absolute atomic E-state index is 0.176. The number of hydrogen-bond acceptors (Lipinski definition) is 5. The molecule has 6 heteroatoms. The summed E-state index contributed by atoms with van der Waals surface area (Å²) in [4.78, 5) is 21.0. The first-order valence-corrected chi connectivity index (χ1v) is 9.54. The third-order valence-corrected chi connectivity index (χ3v) is 4.40. The minimum Gasteiger partial charge on any atom is -0.355 e. The zero-order valence-corrected chi connectivity index (χ0v) is 16.5. The van der Waals surface area contributed by atoms with E-state index in [-0.39, 0.29) is 5.91 Å². The van der Waals surface area contributed by atoms with Crippen LogP contribution < -0.4 is 16.0 Å². The van der Waals surface area contributed by atoms with E-state index < -0.39 is 0 Å². The van der Waals surface area contributed by atoms with Gasteiger partial charge < -0.3 is 16.0 Å². The smallest absolute Gasteiger partial charge is 0.255 e. The number of anilines is 5. The van der Waals surface area contributed by atoms with E-state index >= 15 is 0 Å². The molecule has 0 atom stereocenters. The molecular weight excluding hydrogens is 374 g/mol. The van der Waals surface area contributed by atoms with Crippen LogP contribution in [-0.2, 0) is 0 Å². The van der Waals surface area contributed by atoms with E-state index in [2.05, 4.69) is 25.9 Å². The molecule has 0 aliphatic heterocycles. The molecule has 4 rings (SSSR count). The van der Waals surface area contributed by atoms with Crippen molar-refractivity contribution in [1.29, 1.82) is 0 Å². The molecule has 0 saturated heterocycles. The van der Waals surface area contributed by atoms with Crippen molar-refractivity contribution >= 4 is 34.3 Å². The molecule has 1 amide bonds. The Morgan fingerprint density at radius 2 is 1.33 bits per heavy atom. The number of carbonyl (C=O) groups excluding carboxylic acids is 1. The molecule has 0 fully saturated rings. The second-order valence-corrected chi connectivity index (χ2v) is 6.79. The van der Waals surface area contributed by atoms with E-state index in [1.54, 1.807) is 24.7 Å². The summed E-state index contributed by atoms with van der Waals surface area (Å²) in [6.45, 7) is 1.94. The average Bonchev–Trinajstić information content (AvgIpc) is 2.75. The van der Waals surface area contributed by atoms with Gasteiger partial charge in [-0.05, 0) is 67.6 Å². The highest BCUT2D eigenvalue weighted by Gasteiger charge is 2.08. The summed E-state index contributed by atoms with van der Waals surface area (Å²) in [5.41, 5.74) is 5.78. The van der Waals surface area contributed by atoms with E-state index in [0.29, 0.717) is 11.3 Å². The maximum Gasteiger partial charge on any atom is 0.255 e. The highest BCUT2D eigenvalue weighted by Crippen LogP contribution is 2.22. The summed E-state index contributed by atoms with van der Waals surface area (Å²) in [7, 11) is 0. The van der Waals surface area contributed by atoms with Crippen LogP contribution in [0.1, 0.15) is 16.1 Å². The highest BCUT2D eigenvalue weighted by molar-refractivity contribution is 6.05. The van der Waals surface area contributed by atoms with Crippen LogP contribution in [0.2, 0.25) is 0 Å². The Morgan fingerprint density at radius 1 is 0.700 bits per heavy atom. The number of nitrogens with one attached hydrogen (secondary N) is 3. The molecular formula is C24H21N5O. The molecule has 0 aliphatic rings. The van der Waals surface area contributed by atoms with Gasteiger partial charge in [0.2, 0.25) is 0 Å². The van der Waals surface area contributed by atoms with Gasteiger partial charge in [-0.25, -0.2) is 0 Å². The molecule has 0 bridgehead atoms. The molecule has 0 radical (unpaired) electrons. The lowest BCUT2D eigenvalue weighted by molar-refractivity contribution is 0.102. The number of nitrogens with zero attached hydrogens (tertiary/aromatic N) is 2. The fourth-order valence-electron chi connectivity index (χ4n) is 3.01. The van der Waals surface area contributed by atoms with Crippen LogP contribution in [0.5, 0.6) is 0 Å². The summed E-state index contributed by atoms with van der Waals surface area (Å²) in [6, 6.07) is 22.6. The summed E-state index contributed by atoms with van der Waals surface area (Å²) in [6.07, 6.45) is 5.19. The van der Waals surface area contributed by atoms with Crippen LogP contribution in [-0.4, -0.2) is 15.9 Å². The van der Waals surface area contributed by atoms with E-state index in [4.69, 9.17) is 0 Å². The molecule has 2 aromatic carbocycles. The SMILES string of the molecule is Cc1cc(Nc2cccc(NC(=O)c3cccc(Nc4ccncc4)c3)c2)ccn1. The normalized spacial score (nSPS) is 10.3. The molecule has 0 aliphatic carbocycles. The molecule has 30 heavy (non-hydrogen) atoms. The largest absolute Gasteiger partial charge is 0.355 e. The van der Waals surface area contributed by atoms with Crippen molar-refractivity contribution in [3.05, 3.63) is 103 Å². The third kappa shape index (κ3) is 4.99. The molecule has 2 aromatic heterocycles. The quantitative estimate of drug-likeness (QED) is 0.400. The van der Waals surface area contributed by atoms with Crippen LogP contribution in [0.4, 0.5) is 28.4 Å². The Hall–Kier alpha value is -4.19. The lowest BCUT2D eigenvalue weighted by Gasteiger charge is -2.11. The predicted octanol–water partition coefficient (Wildman–Crippen LogP) is 5.52. The molecule has 2 heterocycles. The van der Waals surface area contributed by atoms with Crippen LogP contribution in [0, 0.1) is 6.92 Å². The fraction of sp³-hybridized carbons (Fsp3) is 0.0417. The number of hydrogen-bond donors (Lipinski definition) is 3. The van der Waals surface area contributed by atoms with Crippen molar-refractivity contribution in [2.75, 3.05) is 16.0 Å². The van der Waals surface area contributed by atoms with Crippen LogP contribution in [0.3, 0.4) is 0 Å². The van der Waals surface area contributed by atoms with Gasteiger partial charge in [-0.15, -0.1) is 0 Å². The van der Waals surface area contributed by atoms with Gasteiger partial charge >= 0.3 is 0 Å². The Bertz CT molecular complexity index is 1160. The third-order valence-electron chi connectivity index (χ3n) is 4.40. The van der Waals surface area contributed by atoms with Crippen molar-refractivity contribution in [1.82, 2.24) is 9.97 Å². The van der Waals surface area contributed by atoms with E-state index in [0.717, 1.165) is 28.4 Å². The molecule has 0 unspecified atom stereocenters. The van der Waals surface area contributed by atoms with Gasteiger partial charge in [0.25, 0.3) is 5.91 Å². The maximum atomic E-state index is 12.8. The van der Waals surface area contributed by atoms with Crippen molar-refractivity contribution < 1.29 is 4.79 Å². The number of carbonyl (C=O) groups is 1. The Labute approximate surface area is 175 Å². The molecule has 148 valence electrons. The fourth-order valence-corrected chi connectivity index (χ4v) is 3.01. The summed E-state index contributed by atoms with van der Waals surface area (Å²) in [5.74, 6) is -0.176. The van der Waals surface area contributed by atoms with Gasteiger partial charge in [0.1, 0.15) is 0 Å². The molecule has 3 N–H and O–H groups in total. The lowest BCUT2D eigenvalue weighted by Crippen LogP contribution is -2.12. The first-order chi connectivity index (χ1) is 14.7. The Balaban J connectivity index is 1.45. The van der Waals surface area contributed by atoms with Crippen molar-refractivity contribution in [3.8, 4) is 0 Å². The number of aryl methyl sites for hydroxylation is 1. The number of benzene rings is 2. The van der Waals surface area contributed by atoms with Gasteiger partial charge in [0.05, 0.1) is 0 Å². The zero-order valence-electron chi connectivity index (χ0n) is 16.5. The Morgan fingerprint density at radius 3 is 2.13 bits per heavy atom. The van der Waals surface area contributed by atoms with Crippen LogP contribution in [0.15, 0.2) is 91.4 Å². The predicted molar refractivity (Wildman–Crippen MR) is 121 cm³/mol. The number of rotatable bonds is 6. The second kappa shape index (κ2) is 8.87. The number of aromatic nitrogens is 2. The van der Waals surface area contributed by atoms with Gasteiger partial charge in [-0.3, -0.25) is 14.8 Å². The molecule has 0 spiro atoms. The van der Waals surface area contributed by atoms with E-state index in [1.165, 1.54) is 0 Å². The first kappa shape index (κ1) is 19.1. The topological polar surface area (TPSA) is 78.9 Å². The lowest BCUT2D eigenvalue weighted by atomic mass is 10.1. The van der Waals surface area contributed by atoms with Crippen molar-refractivity contribution in [3.63, 3.8) is 0 Å². The Kier molecular flexibility index (Phi) is 5.66. The first-order valence-electron chi connectivity index (χ1n) is 9.54. The van der Waals surface area contributed by atoms with Crippen LogP contribution in [0.25, 0.3) is 0 Å². The molecule has 4 aromatic rings. The summed E-state index contributed by atoms with van der Waals surface area (Å²) < 4.78 is 0. The monoisotopic (exact) mass is 395 g/mol. The summed E-state index contributed by atoms with van der Waals surface area (Å²) >= 11 is 0. The van der Waals surface area contributed by atoms with Crippen LogP contribution >= 0.6 is 0 Å². The van der Waals surface area contributed by atoms with E-state index in [1.807, 2.05) is 73.7 Å². The standard InChI is InChI=1S/C24H21N5O/c1-17-14-23(10-13-26-17)28-21-6-3-7-22(16-21)29-24(30)18-4-2-5-20(15-18)27-19-8-11-25-12-9-19/h2-16H,1H3,(H,25,27)(H,26,28)(H,29,30). The van der Waals surface area contributed by atoms with Gasteiger partial charge in [-0.1, -0.05) is 12.1 Å². The number of pyridine rings is 2. The van der Waals surface area contributed by atoms with Crippen molar-refractivity contribution in [2.45, 2.75) is 6.92 Å². The van der Waals surface area contributed by atoms with E-state index in [9.17, 15) is 4.79 Å². The highest BCUT2D eigenvalue weighted by atomic mass is 16.1. The average molecular weight is 395 g/mol. The molecule has 6 nitrogen and oxygen atoms in total. The van der Waals surface area contributed by atoms with Gasteiger partial charge in [-0.2, -0.15) is 0 Å². The van der Waals surface area contributed by atoms with Gasteiger partial charge in [0, 0.05) is 58.3 Å². The summed E-state index contributed by atoms with van der Waals surface area (Å²) in [5, 5.41) is 9.55. The minimum atomic E-state index is -0.176. The number of amides is 1. The second-order valence-electron chi connectivity index (χ2n) is 6.79. The molecule has 0 saturated carbocycles. The van der Waals surface area contributed by atoms with Gasteiger partial charge in [0.15, 0.2) is 0 Å².